The maximum absolute atomic E-state index is 12.5. The Kier molecular flexibility index (Phi) is 4.97. The van der Waals surface area contributed by atoms with E-state index in [0.717, 1.165) is 11.3 Å². The molecule has 0 fully saturated rings. The van der Waals surface area contributed by atoms with Gasteiger partial charge in [-0.2, -0.15) is 0 Å². The zero-order valence-electron chi connectivity index (χ0n) is 14.9. The SMILES string of the molecule is COc1cc(NC(=O)CN2C(=O)Cc3ccccc32)cc(OC)c1OC. The standard InChI is InChI=1S/C19H20N2O5/c1-24-15-9-13(10-16(25-2)19(15)26-3)20-17(22)11-21-14-7-5-4-6-12(14)8-18(21)23/h4-7,9-10H,8,11H2,1-3H3,(H,20,22). The molecule has 0 atom stereocenters. The van der Waals surface area contributed by atoms with Gasteiger partial charge in [0.1, 0.15) is 6.54 Å². The average Bonchev–Trinajstić information content (AvgIpc) is 2.96. The van der Waals surface area contributed by atoms with Crippen LogP contribution in [0.15, 0.2) is 36.4 Å². The van der Waals surface area contributed by atoms with Crippen LogP contribution in [0.1, 0.15) is 5.56 Å². The molecule has 2 amide bonds. The third kappa shape index (κ3) is 3.28. The summed E-state index contributed by atoms with van der Waals surface area (Å²) < 4.78 is 15.8. The predicted octanol–water partition coefficient (Wildman–Crippen LogP) is 2.24. The first-order valence-electron chi connectivity index (χ1n) is 8.05. The van der Waals surface area contributed by atoms with Gasteiger partial charge in [0.25, 0.3) is 0 Å². The highest BCUT2D eigenvalue weighted by molar-refractivity contribution is 6.07. The van der Waals surface area contributed by atoms with Gasteiger partial charge in [-0.15, -0.1) is 0 Å². The molecule has 2 aromatic rings. The summed E-state index contributed by atoms with van der Waals surface area (Å²) in [6.45, 7) is -0.0630. The highest BCUT2D eigenvalue weighted by Crippen LogP contribution is 2.40. The number of anilines is 2. The van der Waals surface area contributed by atoms with Gasteiger partial charge in [0.2, 0.25) is 17.6 Å². The quantitative estimate of drug-likeness (QED) is 0.859. The van der Waals surface area contributed by atoms with Gasteiger partial charge in [-0.3, -0.25) is 9.59 Å². The van der Waals surface area contributed by atoms with E-state index in [9.17, 15) is 9.59 Å². The number of hydrogen-bond donors (Lipinski definition) is 1. The number of nitrogens with one attached hydrogen (secondary N) is 1. The van der Waals surface area contributed by atoms with E-state index in [4.69, 9.17) is 14.2 Å². The maximum atomic E-state index is 12.5. The Morgan fingerprint density at radius 3 is 2.35 bits per heavy atom. The highest BCUT2D eigenvalue weighted by atomic mass is 16.5. The maximum Gasteiger partial charge on any atom is 0.244 e. The van der Waals surface area contributed by atoms with E-state index < -0.39 is 0 Å². The van der Waals surface area contributed by atoms with Crippen molar-refractivity contribution in [3.8, 4) is 17.2 Å². The molecule has 136 valence electrons. The number of ether oxygens (including phenoxy) is 3. The molecule has 7 nitrogen and oxygen atoms in total. The number of para-hydroxylation sites is 1. The molecule has 7 heteroatoms. The fourth-order valence-corrected chi connectivity index (χ4v) is 2.99. The molecule has 0 aliphatic carbocycles. The Balaban J connectivity index is 1.78. The van der Waals surface area contributed by atoms with Crippen molar-refractivity contribution < 1.29 is 23.8 Å². The summed E-state index contributed by atoms with van der Waals surface area (Å²) in [6, 6.07) is 10.7. The highest BCUT2D eigenvalue weighted by Gasteiger charge is 2.28. The number of fused-ring (bicyclic) bond motifs is 1. The predicted molar refractivity (Wildman–Crippen MR) is 97.2 cm³/mol. The Morgan fingerprint density at radius 1 is 1.08 bits per heavy atom. The Morgan fingerprint density at radius 2 is 1.73 bits per heavy atom. The fourth-order valence-electron chi connectivity index (χ4n) is 2.99. The van der Waals surface area contributed by atoms with Crippen molar-refractivity contribution in [1.29, 1.82) is 0 Å². The van der Waals surface area contributed by atoms with Gasteiger partial charge in [0.05, 0.1) is 27.8 Å². The summed E-state index contributed by atoms with van der Waals surface area (Å²) in [5.74, 6) is 0.904. The van der Waals surface area contributed by atoms with Crippen LogP contribution in [-0.2, 0) is 16.0 Å². The van der Waals surface area contributed by atoms with Crippen LogP contribution in [0, 0.1) is 0 Å². The van der Waals surface area contributed by atoms with Gasteiger partial charge >= 0.3 is 0 Å². The third-order valence-electron chi connectivity index (χ3n) is 4.18. The first kappa shape index (κ1) is 17.6. The summed E-state index contributed by atoms with van der Waals surface area (Å²) in [5.41, 5.74) is 2.19. The Hall–Kier alpha value is -3.22. The van der Waals surface area contributed by atoms with Crippen LogP contribution in [-0.4, -0.2) is 39.7 Å². The van der Waals surface area contributed by atoms with Gasteiger partial charge in [-0.05, 0) is 11.6 Å². The molecule has 3 rings (SSSR count). The largest absolute Gasteiger partial charge is 0.493 e. The van der Waals surface area contributed by atoms with Gasteiger partial charge in [-0.25, -0.2) is 0 Å². The second-order valence-corrected chi connectivity index (χ2v) is 5.75. The molecule has 0 radical (unpaired) electrons. The van der Waals surface area contributed by atoms with Crippen LogP contribution >= 0.6 is 0 Å². The number of carbonyl (C=O) groups excluding carboxylic acids is 2. The van der Waals surface area contributed by atoms with Crippen LogP contribution in [0.4, 0.5) is 11.4 Å². The molecule has 1 aliphatic heterocycles. The zero-order valence-corrected chi connectivity index (χ0v) is 14.9. The van der Waals surface area contributed by atoms with E-state index in [1.54, 1.807) is 12.1 Å². The number of hydrogen-bond acceptors (Lipinski definition) is 5. The van der Waals surface area contributed by atoms with Crippen molar-refractivity contribution in [3.05, 3.63) is 42.0 Å². The summed E-state index contributed by atoms with van der Waals surface area (Å²) >= 11 is 0. The number of carbonyl (C=O) groups is 2. The van der Waals surface area contributed by atoms with Crippen molar-refractivity contribution in [3.63, 3.8) is 0 Å². The van der Waals surface area contributed by atoms with Crippen LogP contribution in [0.5, 0.6) is 17.2 Å². The number of amides is 2. The lowest BCUT2D eigenvalue weighted by Crippen LogP contribution is -2.35. The van der Waals surface area contributed by atoms with Crippen LogP contribution in [0.25, 0.3) is 0 Å². The van der Waals surface area contributed by atoms with Crippen molar-refractivity contribution >= 4 is 23.2 Å². The molecule has 1 heterocycles. The molecule has 0 aromatic heterocycles. The van der Waals surface area contributed by atoms with E-state index in [0.29, 0.717) is 29.4 Å². The zero-order chi connectivity index (χ0) is 18.7. The van der Waals surface area contributed by atoms with Gasteiger partial charge in [0, 0.05) is 23.5 Å². The molecule has 2 aromatic carbocycles. The van der Waals surface area contributed by atoms with E-state index in [2.05, 4.69) is 5.32 Å². The molecule has 0 spiro atoms. The van der Waals surface area contributed by atoms with E-state index >= 15 is 0 Å². The number of methoxy groups -OCH3 is 3. The summed E-state index contributed by atoms with van der Waals surface area (Å²) in [5, 5.41) is 2.77. The van der Waals surface area contributed by atoms with Crippen LogP contribution in [0.2, 0.25) is 0 Å². The second kappa shape index (κ2) is 7.35. The van der Waals surface area contributed by atoms with Crippen molar-refractivity contribution in [2.24, 2.45) is 0 Å². The van der Waals surface area contributed by atoms with Crippen molar-refractivity contribution in [1.82, 2.24) is 0 Å². The molecule has 1 N–H and O–H groups in total. The van der Waals surface area contributed by atoms with Gasteiger partial charge < -0.3 is 24.4 Å². The number of benzene rings is 2. The molecule has 0 unspecified atom stereocenters. The van der Waals surface area contributed by atoms with Crippen molar-refractivity contribution in [2.75, 3.05) is 38.1 Å². The topological polar surface area (TPSA) is 77.1 Å². The molecular formula is C19H20N2O5. The minimum Gasteiger partial charge on any atom is -0.493 e. The lowest BCUT2D eigenvalue weighted by atomic mass is 10.2. The van der Waals surface area contributed by atoms with Crippen LogP contribution < -0.4 is 24.4 Å². The first-order valence-corrected chi connectivity index (χ1v) is 8.05. The molecule has 0 saturated heterocycles. The van der Waals surface area contributed by atoms with E-state index in [1.165, 1.54) is 26.2 Å². The number of rotatable bonds is 6. The molecule has 26 heavy (non-hydrogen) atoms. The summed E-state index contributed by atoms with van der Waals surface area (Å²) in [4.78, 5) is 26.1. The summed E-state index contributed by atoms with van der Waals surface area (Å²) in [7, 11) is 4.51. The third-order valence-corrected chi connectivity index (χ3v) is 4.18. The lowest BCUT2D eigenvalue weighted by Gasteiger charge is -2.18. The minimum absolute atomic E-state index is 0.0630. The molecule has 0 saturated carbocycles. The Bertz CT molecular complexity index is 825. The monoisotopic (exact) mass is 356 g/mol. The smallest absolute Gasteiger partial charge is 0.244 e. The fraction of sp³-hybridized carbons (Fsp3) is 0.263. The van der Waals surface area contributed by atoms with Crippen molar-refractivity contribution in [2.45, 2.75) is 6.42 Å². The van der Waals surface area contributed by atoms with Crippen LogP contribution in [0.3, 0.4) is 0 Å². The molecule has 0 bridgehead atoms. The Labute approximate surface area is 151 Å². The minimum atomic E-state index is -0.315. The van der Waals surface area contributed by atoms with Gasteiger partial charge in [0.15, 0.2) is 11.5 Å². The molecular weight excluding hydrogens is 336 g/mol. The second-order valence-electron chi connectivity index (χ2n) is 5.75. The van der Waals surface area contributed by atoms with E-state index in [1.807, 2.05) is 24.3 Å². The number of nitrogens with zero attached hydrogens (tertiary/aromatic N) is 1. The van der Waals surface area contributed by atoms with E-state index in [-0.39, 0.29) is 18.4 Å². The van der Waals surface area contributed by atoms with Gasteiger partial charge in [-0.1, -0.05) is 18.2 Å². The molecule has 1 aliphatic rings. The normalized spacial score (nSPS) is 12.6. The average molecular weight is 356 g/mol. The summed E-state index contributed by atoms with van der Waals surface area (Å²) in [6.07, 6.45) is 0.313. The lowest BCUT2D eigenvalue weighted by molar-refractivity contribution is -0.120. The first-order chi connectivity index (χ1) is 12.6.